The van der Waals surface area contributed by atoms with Crippen LogP contribution in [0.15, 0.2) is 78.8 Å². The van der Waals surface area contributed by atoms with E-state index in [2.05, 4.69) is 89.2 Å². The predicted octanol–water partition coefficient (Wildman–Crippen LogP) is 13.1. The number of rotatable bonds is 11. The van der Waals surface area contributed by atoms with E-state index in [1.165, 1.54) is 32.0 Å². The van der Waals surface area contributed by atoms with Gasteiger partial charge >= 0.3 is 0 Å². The second kappa shape index (κ2) is 17.6. The molecule has 1 N–H and O–H groups in total. The van der Waals surface area contributed by atoms with E-state index >= 15 is 0 Å². The van der Waals surface area contributed by atoms with Crippen molar-refractivity contribution in [2.24, 2.45) is 16.7 Å². The van der Waals surface area contributed by atoms with Gasteiger partial charge in [0.1, 0.15) is 5.76 Å². The Labute approximate surface area is 324 Å². The fourth-order valence-corrected chi connectivity index (χ4v) is 7.34. The summed E-state index contributed by atoms with van der Waals surface area (Å²) in [6.45, 7) is 23.4. The van der Waals surface area contributed by atoms with Gasteiger partial charge in [-0.1, -0.05) is 111 Å². The van der Waals surface area contributed by atoms with Gasteiger partial charge in [-0.25, -0.2) is 0 Å². The minimum atomic E-state index is -0.337. The smallest absolute Gasteiger partial charge is 0.164 e. The van der Waals surface area contributed by atoms with Crippen LogP contribution in [0.1, 0.15) is 112 Å². The third-order valence-corrected chi connectivity index (χ3v) is 11.7. The van der Waals surface area contributed by atoms with Crippen molar-refractivity contribution in [2.75, 3.05) is 0 Å². The van der Waals surface area contributed by atoms with Crippen LogP contribution in [-0.2, 0) is 36.7 Å². The zero-order valence-electron chi connectivity index (χ0n) is 32.5. The number of hydrogen-bond acceptors (Lipinski definition) is 5. The minimum absolute atomic E-state index is 0. The van der Waals surface area contributed by atoms with Crippen LogP contribution in [0.5, 0.6) is 0 Å². The normalized spacial score (nSPS) is 12.5. The molecule has 275 valence electrons. The van der Waals surface area contributed by atoms with Gasteiger partial charge in [0.2, 0.25) is 0 Å². The van der Waals surface area contributed by atoms with Crippen molar-refractivity contribution in [3.8, 4) is 22.5 Å². The molecule has 0 aliphatic heterocycles. The Kier molecular flexibility index (Phi) is 14.5. The van der Waals surface area contributed by atoms with Crippen molar-refractivity contribution in [3.05, 3.63) is 95.3 Å². The van der Waals surface area contributed by atoms with E-state index in [9.17, 15) is 9.90 Å². The Morgan fingerprint density at radius 2 is 1.51 bits per heavy atom. The van der Waals surface area contributed by atoms with Gasteiger partial charge in [-0.2, -0.15) is 0 Å². The van der Waals surface area contributed by atoms with Crippen LogP contribution >= 0.6 is 11.3 Å². The number of aromatic nitrogens is 2. The van der Waals surface area contributed by atoms with Crippen molar-refractivity contribution >= 4 is 38.0 Å². The van der Waals surface area contributed by atoms with Gasteiger partial charge in [-0.3, -0.25) is 14.8 Å². The second-order valence-corrected chi connectivity index (χ2v) is 16.8. The van der Waals surface area contributed by atoms with E-state index in [0.717, 1.165) is 60.0 Å². The summed E-state index contributed by atoms with van der Waals surface area (Å²) in [5, 5.41) is 13.7. The van der Waals surface area contributed by atoms with E-state index in [1.807, 2.05) is 71.3 Å². The van der Waals surface area contributed by atoms with Gasteiger partial charge in [0.05, 0.1) is 5.69 Å². The third kappa shape index (κ3) is 10.0. The van der Waals surface area contributed by atoms with Crippen molar-refractivity contribution in [3.63, 3.8) is 0 Å². The van der Waals surface area contributed by atoms with Crippen LogP contribution in [0.4, 0.5) is 0 Å². The predicted molar refractivity (Wildman–Crippen MR) is 215 cm³/mol. The number of carbonyl (C=O) groups excluding carboxylic acids is 1. The minimum Gasteiger partial charge on any atom is -0.512 e. The number of fused-ring (bicyclic) bond motifs is 2. The van der Waals surface area contributed by atoms with Gasteiger partial charge < -0.3 is 5.11 Å². The van der Waals surface area contributed by atoms with Crippen molar-refractivity contribution < 1.29 is 30.0 Å². The van der Waals surface area contributed by atoms with E-state index < -0.39 is 0 Å². The number of carbonyl (C=O) groups is 1. The van der Waals surface area contributed by atoms with Gasteiger partial charge in [0, 0.05) is 70.1 Å². The molecular formula is C45H57IrN2O2S-. The molecule has 2 aromatic carbocycles. The maximum Gasteiger partial charge on any atom is 0.164 e. The number of thiophene rings is 1. The molecular weight excluding hydrogens is 825 g/mol. The molecule has 0 aliphatic rings. The first kappa shape index (κ1) is 42.2. The fraction of sp³-hybridized carbons (Fsp3) is 0.444. The number of nitrogens with zero attached hydrogens (tertiary/aromatic N) is 2. The number of allylic oxidation sites excluding steroid dienone is 2. The molecule has 5 aromatic rings. The Balaban J connectivity index is 0.000000335. The summed E-state index contributed by atoms with van der Waals surface area (Å²) >= 11 is 1.88. The van der Waals surface area contributed by atoms with Crippen LogP contribution in [-0.4, -0.2) is 20.9 Å². The van der Waals surface area contributed by atoms with Gasteiger partial charge in [-0.05, 0) is 67.2 Å². The molecule has 6 heteroatoms. The molecule has 0 bridgehead atoms. The standard InChI is InChI=1S/C30H29N2S.C15H28O2.Ir/c1-19(2)12-24-14-23-18-32-28(17-29(23)33-24)21-10-11-31-27(16-21)22-13-20-8-6-7-9-25(20)26(15-22)30(3,4)5;1-7-14(5,8-2)12(16)11-13(17)15(6,9-3)10-4;/h6-11,14-19H,12H2,1-5H3;11,16H,7-10H2,1-6H3;/q-1;;/b;12-11-;. The van der Waals surface area contributed by atoms with E-state index in [4.69, 9.17) is 9.97 Å². The number of hydrogen-bond donors (Lipinski definition) is 1. The zero-order valence-corrected chi connectivity index (χ0v) is 35.7. The third-order valence-electron chi connectivity index (χ3n) is 10.6. The summed E-state index contributed by atoms with van der Waals surface area (Å²) in [6, 6.07) is 23.1. The second-order valence-electron chi connectivity index (χ2n) is 15.7. The first-order chi connectivity index (χ1) is 23.6. The van der Waals surface area contributed by atoms with Gasteiger partial charge in [-0.15, -0.1) is 40.5 Å². The molecule has 0 unspecified atom stereocenters. The molecule has 51 heavy (non-hydrogen) atoms. The molecule has 3 heterocycles. The Bertz CT molecular complexity index is 1960. The van der Waals surface area contributed by atoms with Crippen molar-refractivity contribution in [1.82, 2.24) is 9.97 Å². The monoisotopic (exact) mass is 882 g/mol. The Morgan fingerprint density at radius 3 is 2.12 bits per heavy atom. The van der Waals surface area contributed by atoms with Crippen LogP contribution in [0.25, 0.3) is 43.4 Å². The quantitative estimate of drug-likeness (QED) is 0.0815. The van der Waals surface area contributed by atoms with E-state index in [0.29, 0.717) is 5.92 Å². The van der Waals surface area contributed by atoms with Crippen LogP contribution in [0.3, 0.4) is 0 Å². The largest absolute Gasteiger partial charge is 0.512 e. The van der Waals surface area contributed by atoms with Gasteiger partial charge in [0.15, 0.2) is 5.78 Å². The summed E-state index contributed by atoms with van der Waals surface area (Å²) in [5.41, 5.74) is 4.76. The molecule has 3 aromatic heterocycles. The first-order valence-corrected chi connectivity index (χ1v) is 19.2. The number of aliphatic hydroxyl groups excluding tert-OH is 1. The van der Waals surface area contributed by atoms with E-state index in [-0.39, 0.29) is 47.9 Å². The summed E-state index contributed by atoms with van der Waals surface area (Å²) in [5.74, 6) is 0.943. The molecule has 0 atom stereocenters. The molecule has 0 spiro atoms. The SMILES string of the molecule is CC(C)Cc1cc2cnc(-c3ccnc(-c4[c-]c5ccccc5c(C(C)(C)C)c4)c3)cc2s1.CCC(C)(CC)C(=O)/C=C(\O)C(C)(CC)CC.[Ir]. The summed E-state index contributed by atoms with van der Waals surface area (Å²) < 4.78 is 1.29. The first-order valence-electron chi connectivity index (χ1n) is 18.3. The Morgan fingerprint density at radius 1 is 0.863 bits per heavy atom. The van der Waals surface area contributed by atoms with Crippen LogP contribution < -0.4 is 0 Å². The molecule has 0 saturated carbocycles. The molecule has 0 saturated heterocycles. The Hall–Kier alpha value is -3.18. The molecule has 0 fully saturated rings. The van der Waals surface area contributed by atoms with Crippen molar-refractivity contribution in [1.29, 1.82) is 0 Å². The number of ketones is 1. The molecule has 0 aliphatic carbocycles. The average Bonchev–Trinajstić information content (AvgIpc) is 3.51. The maximum absolute atomic E-state index is 12.2. The topological polar surface area (TPSA) is 63.1 Å². The van der Waals surface area contributed by atoms with Gasteiger partial charge in [0.25, 0.3) is 0 Å². The zero-order chi connectivity index (χ0) is 36.9. The molecule has 5 rings (SSSR count). The summed E-state index contributed by atoms with van der Waals surface area (Å²) in [6.07, 6.45) is 9.76. The molecule has 4 nitrogen and oxygen atoms in total. The fourth-order valence-electron chi connectivity index (χ4n) is 6.06. The average molecular weight is 882 g/mol. The number of pyridine rings is 2. The van der Waals surface area contributed by atoms with Crippen LogP contribution in [0.2, 0.25) is 0 Å². The van der Waals surface area contributed by atoms with Crippen molar-refractivity contribution in [2.45, 2.75) is 114 Å². The van der Waals surface area contributed by atoms with E-state index in [1.54, 1.807) is 0 Å². The molecule has 0 amide bonds. The van der Waals surface area contributed by atoms with Crippen LogP contribution in [0, 0.1) is 22.8 Å². The summed E-state index contributed by atoms with van der Waals surface area (Å²) in [7, 11) is 0. The summed E-state index contributed by atoms with van der Waals surface area (Å²) in [4.78, 5) is 23.1. The maximum atomic E-state index is 12.2. The number of aliphatic hydroxyl groups is 1. The molecule has 1 radical (unpaired) electrons. The number of benzene rings is 2.